The number of carbonyl (C=O) groups is 2. The van der Waals surface area contributed by atoms with E-state index >= 15 is 0 Å². The van der Waals surface area contributed by atoms with Crippen molar-refractivity contribution in [3.8, 4) is 0 Å². The van der Waals surface area contributed by atoms with Crippen LogP contribution in [0.3, 0.4) is 0 Å². The number of aliphatic hydroxyl groups is 2. The fraction of sp³-hybridized carbons (Fsp3) is 0.793. The molecule has 0 bridgehead atoms. The Kier molecular flexibility index (Phi) is 6.88. The van der Waals surface area contributed by atoms with Gasteiger partial charge in [-0.05, 0) is 79.8 Å². The zero-order chi connectivity index (χ0) is 25.0. The summed E-state index contributed by atoms with van der Waals surface area (Å²) in [5.41, 5.74) is 0.388. The second-order valence-electron chi connectivity index (χ2n) is 12.8. The van der Waals surface area contributed by atoms with Gasteiger partial charge in [-0.3, -0.25) is 9.59 Å². The van der Waals surface area contributed by atoms with Crippen molar-refractivity contribution in [2.45, 2.75) is 77.7 Å². The second kappa shape index (κ2) is 9.51. The average Bonchev–Trinajstić information content (AvgIpc) is 3.10. The van der Waals surface area contributed by atoms with Gasteiger partial charge in [-0.25, -0.2) is 0 Å². The Bertz CT molecular complexity index is 907. The maximum Gasteiger partial charge on any atom is 0.178 e. The van der Waals surface area contributed by atoms with E-state index in [9.17, 15) is 25.0 Å². The highest BCUT2D eigenvalue weighted by Gasteiger charge is 2.64. The van der Waals surface area contributed by atoms with Crippen LogP contribution in [-0.2, 0) is 9.59 Å². The van der Waals surface area contributed by atoms with Gasteiger partial charge in [-0.15, -0.1) is 0 Å². The SMILES string of the molecule is CC12C=CC(=O)C=C1CCC1C2C(O)CC2(C)C1CC(CN(O)CC1CCCCC1)C2C(=O)CO. The van der Waals surface area contributed by atoms with E-state index in [2.05, 4.69) is 13.8 Å². The predicted octanol–water partition coefficient (Wildman–Crippen LogP) is 3.94. The van der Waals surface area contributed by atoms with E-state index in [-0.39, 0.29) is 46.6 Å². The molecule has 0 saturated heterocycles. The lowest BCUT2D eigenvalue weighted by atomic mass is 9.46. The first-order chi connectivity index (χ1) is 16.7. The van der Waals surface area contributed by atoms with Crippen LogP contribution >= 0.6 is 0 Å². The zero-order valence-electron chi connectivity index (χ0n) is 21.4. The van der Waals surface area contributed by atoms with Gasteiger partial charge >= 0.3 is 0 Å². The molecule has 0 spiro atoms. The minimum Gasteiger partial charge on any atom is -0.393 e. The first-order valence-corrected chi connectivity index (χ1v) is 13.9. The molecular weight excluding hydrogens is 442 g/mol. The van der Waals surface area contributed by atoms with Crippen molar-refractivity contribution < 1.29 is 25.0 Å². The number of nitrogens with zero attached hydrogens (tertiary/aromatic N) is 1. The summed E-state index contributed by atoms with van der Waals surface area (Å²) in [6.45, 7) is 4.91. The summed E-state index contributed by atoms with van der Waals surface area (Å²) in [5, 5.41) is 33.8. The molecule has 0 aromatic rings. The molecule has 0 aliphatic heterocycles. The standard InChI is InChI=1S/C29H43NO5/c1-28-11-10-21(32)13-20(28)8-9-22-23-12-19(16-30(35)15-18-6-4-3-5-7-18)26(25(34)17-31)29(23,2)14-24(33)27(22)28/h10-11,13,18-19,22-24,26-27,31,33,35H,3-9,12,14-17H2,1-2H3. The third-order valence-electron chi connectivity index (χ3n) is 10.8. The van der Waals surface area contributed by atoms with Gasteiger partial charge in [0.1, 0.15) is 6.61 Å². The summed E-state index contributed by atoms with van der Waals surface area (Å²) in [7, 11) is 0. The summed E-state index contributed by atoms with van der Waals surface area (Å²) >= 11 is 0. The summed E-state index contributed by atoms with van der Waals surface area (Å²) in [5.74, 6) is 0.502. The maximum atomic E-state index is 13.2. The van der Waals surface area contributed by atoms with Gasteiger partial charge in [-0.2, -0.15) is 5.06 Å². The number of fused-ring (bicyclic) bond motifs is 5. The molecule has 0 heterocycles. The molecule has 0 amide bonds. The minimum atomic E-state index is -0.576. The van der Waals surface area contributed by atoms with Crippen LogP contribution in [0.1, 0.15) is 71.6 Å². The largest absolute Gasteiger partial charge is 0.393 e. The Labute approximate surface area is 209 Å². The normalized spacial score (nSPS) is 43.5. The number of aliphatic hydroxyl groups excluding tert-OH is 2. The van der Waals surface area contributed by atoms with Gasteiger partial charge in [0.25, 0.3) is 0 Å². The molecule has 0 aromatic heterocycles. The Morgan fingerprint density at radius 3 is 2.60 bits per heavy atom. The molecule has 5 rings (SSSR count). The van der Waals surface area contributed by atoms with E-state index in [1.54, 1.807) is 12.2 Å². The number of hydrogen-bond acceptors (Lipinski definition) is 6. The molecular formula is C29H43NO5. The highest BCUT2D eigenvalue weighted by atomic mass is 16.5. The Morgan fingerprint density at radius 2 is 1.89 bits per heavy atom. The molecule has 5 aliphatic carbocycles. The molecule has 194 valence electrons. The van der Waals surface area contributed by atoms with Gasteiger partial charge in [0.05, 0.1) is 6.10 Å². The van der Waals surface area contributed by atoms with E-state index in [1.807, 2.05) is 6.08 Å². The zero-order valence-corrected chi connectivity index (χ0v) is 21.4. The quantitative estimate of drug-likeness (QED) is 0.493. The Balaban J connectivity index is 1.41. The Hall–Kier alpha value is -1.34. The number of hydrogen-bond donors (Lipinski definition) is 3. The molecule has 8 unspecified atom stereocenters. The fourth-order valence-electron chi connectivity index (χ4n) is 9.43. The molecule has 8 atom stereocenters. The van der Waals surface area contributed by atoms with E-state index in [4.69, 9.17) is 0 Å². The monoisotopic (exact) mass is 485 g/mol. The second-order valence-corrected chi connectivity index (χ2v) is 12.8. The topological polar surface area (TPSA) is 98.1 Å². The smallest absolute Gasteiger partial charge is 0.178 e. The number of hydroxylamine groups is 2. The van der Waals surface area contributed by atoms with Gasteiger partial charge in [0.2, 0.25) is 0 Å². The molecule has 0 aromatic carbocycles. The van der Waals surface area contributed by atoms with Crippen molar-refractivity contribution in [1.29, 1.82) is 0 Å². The van der Waals surface area contributed by atoms with E-state index < -0.39 is 18.1 Å². The predicted molar refractivity (Wildman–Crippen MR) is 132 cm³/mol. The number of Topliss-reactive ketones (excluding diaryl/α,β-unsaturated/α-hetero) is 1. The van der Waals surface area contributed by atoms with Crippen LogP contribution in [-0.4, -0.2) is 57.9 Å². The summed E-state index contributed by atoms with van der Waals surface area (Å²) in [4.78, 5) is 25.2. The molecule has 3 N–H and O–H groups in total. The van der Waals surface area contributed by atoms with Crippen LogP contribution < -0.4 is 0 Å². The fourth-order valence-corrected chi connectivity index (χ4v) is 9.43. The van der Waals surface area contributed by atoms with Crippen LogP contribution in [0, 0.1) is 46.3 Å². The first kappa shape index (κ1) is 25.3. The number of ketones is 2. The third kappa shape index (κ3) is 4.28. The molecule has 35 heavy (non-hydrogen) atoms. The molecule has 0 radical (unpaired) electrons. The van der Waals surface area contributed by atoms with Gasteiger partial charge in [-0.1, -0.05) is 44.8 Å². The highest BCUT2D eigenvalue weighted by molar-refractivity contribution is 6.01. The van der Waals surface area contributed by atoms with Crippen LogP contribution in [0.4, 0.5) is 0 Å². The molecule has 6 heteroatoms. The maximum absolute atomic E-state index is 13.2. The summed E-state index contributed by atoms with van der Waals surface area (Å²) in [6, 6.07) is 0. The molecule has 4 saturated carbocycles. The summed E-state index contributed by atoms with van der Waals surface area (Å²) in [6.07, 6.45) is 14.0. The van der Waals surface area contributed by atoms with Crippen molar-refractivity contribution in [2.75, 3.05) is 19.7 Å². The van der Waals surface area contributed by atoms with Gasteiger partial charge < -0.3 is 15.4 Å². The van der Waals surface area contributed by atoms with Crippen LogP contribution in [0.5, 0.6) is 0 Å². The molecule has 5 aliphatic rings. The number of allylic oxidation sites excluding steroid dienone is 4. The molecule has 6 nitrogen and oxygen atoms in total. The average molecular weight is 486 g/mol. The van der Waals surface area contributed by atoms with Crippen LogP contribution in [0.25, 0.3) is 0 Å². The third-order valence-corrected chi connectivity index (χ3v) is 10.8. The number of carbonyl (C=O) groups excluding carboxylic acids is 2. The minimum absolute atomic E-state index is 0.0148. The first-order valence-electron chi connectivity index (χ1n) is 13.9. The van der Waals surface area contributed by atoms with Gasteiger partial charge in [0.15, 0.2) is 11.6 Å². The Morgan fingerprint density at radius 1 is 1.14 bits per heavy atom. The van der Waals surface area contributed by atoms with Crippen molar-refractivity contribution in [3.05, 3.63) is 23.8 Å². The van der Waals surface area contributed by atoms with Crippen molar-refractivity contribution in [3.63, 3.8) is 0 Å². The lowest BCUT2D eigenvalue weighted by molar-refractivity contribution is -0.146. The van der Waals surface area contributed by atoms with Crippen molar-refractivity contribution >= 4 is 11.6 Å². The van der Waals surface area contributed by atoms with Gasteiger partial charge in [0, 0.05) is 30.3 Å². The lowest BCUT2D eigenvalue weighted by Crippen LogP contribution is -2.56. The van der Waals surface area contributed by atoms with E-state index in [0.717, 1.165) is 37.7 Å². The number of rotatable bonds is 6. The van der Waals surface area contributed by atoms with E-state index in [0.29, 0.717) is 25.4 Å². The highest BCUT2D eigenvalue weighted by Crippen LogP contribution is 2.67. The van der Waals surface area contributed by atoms with Crippen molar-refractivity contribution in [2.24, 2.45) is 46.3 Å². The van der Waals surface area contributed by atoms with Crippen LogP contribution in [0.2, 0.25) is 0 Å². The summed E-state index contributed by atoms with van der Waals surface area (Å²) < 4.78 is 0. The van der Waals surface area contributed by atoms with Crippen molar-refractivity contribution in [1.82, 2.24) is 5.06 Å². The molecule has 4 fully saturated rings. The van der Waals surface area contributed by atoms with E-state index in [1.165, 1.54) is 24.3 Å². The lowest BCUT2D eigenvalue weighted by Gasteiger charge is -2.58. The van der Waals surface area contributed by atoms with Crippen LogP contribution in [0.15, 0.2) is 23.8 Å².